The van der Waals surface area contributed by atoms with Crippen LogP contribution < -0.4 is 0 Å². The number of rotatable bonds is 13. The summed E-state index contributed by atoms with van der Waals surface area (Å²) in [4.78, 5) is 11.3. The molecule has 0 saturated heterocycles. The molecule has 0 N–H and O–H groups in total. The standard InChI is InChI=1S/C17H32O2/c1-3-5-7-8-9-10-11-12-13-14-15-17(18)19-16-6-4-2/h5,7H,3-4,6,8-16H2,1-2H3. The molecule has 0 atom stereocenters. The predicted molar refractivity (Wildman–Crippen MR) is 82.2 cm³/mol. The van der Waals surface area contributed by atoms with Crippen molar-refractivity contribution < 1.29 is 9.53 Å². The third-order valence-corrected chi connectivity index (χ3v) is 3.17. The Balaban J connectivity index is 3.13. The van der Waals surface area contributed by atoms with Crippen LogP contribution in [-0.2, 0) is 9.53 Å². The minimum atomic E-state index is -0.0156. The fourth-order valence-corrected chi connectivity index (χ4v) is 1.93. The van der Waals surface area contributed by atoms with E-state index >= 15 is 0 Å². The maximum absolute atomic E-state index is 11.3. The maximum atomic E-state index is 11.3. The molecular formula is C17H32O2. The molecule has 0 spiro atoms. The third kappa shape index (κ3) is 15.2. The summed E-state index contributed by atoms with van der Waals surface area (Å²) < 4.78 is 5.12. The van der Waals surface area contributed by atoms with Crippen LogP contribution in [0.1, 0.15) is 84.5 Å². The highest BCUT2D eigenvalue weighted by atomic mass is 16.5. The highest BCUT2D eigenvalue weighted by Crippen LogP contribution is 2.09. The number of hydrogen-bond acceptors (Lipinski definition) is 2. The van der Waals surface area contributed by atoms with E-state index < -0.39 is 0 Å². The van der Waals surface area contributed by atoms with Gasteiger partial charge in [-0.1, -0.05) is 58.1 Å². The Labute approximate surface area is 119 Å². The molecule has 112 valence electrons. The fourth-order valence-electron chi connectivity index (χ4n) is 1.93. The molecule has 0 unspecified atom stereocenters. The molecule has 0 heterocycles. The molecule has 0 aromatic heterocycles. The molecule has 0 saturated carbocycles. The van der Waals surface area contributed by atoms with Gasteiger partial charge in [0, 0.05) is 6.42 Å². The molecule has 0 aromatic rings. The number of unbranched alkanes of at least 4 members (excludes halogenated alkanes) is 7. The second-order valence-electron chi connectivity index (χ2n) is 5.11. The van der Waals surface area contributed by atoms with E-state index in [4.69, 9.17) is 4.74 Å². The van der Waals surface area contributed by atoms with Gasteiger partial charge in [0.05, 0.1) is 6.61 Å². The topological polar surface area (TPSA) is 26.3 Å². The van der Waals surface area contributed by atoms with Gasteiger partial charge in [-0.15, -0.1) is 0 Å². The zero-order chi connectivity index (χ0) is 14.2. The number of allylic oxidation sites excluding steroid dienone is 2. The predicted octanol–water partition coefficient (Wildman–Crippen LogP) is 5.42. The largest absolute Gasteiger partial charge is 0.466 e. The minimum Gasteiger partial charge on any atom is -0.466 e. The van der Waals surface area contributed by atoms with Gasteiger partial charge in [-0.25, -0.2) is 0 Å². The van der Waals surface area contributed by atoms with Crippen molar-refractivity contribution >= 4 is 5.97 Å². The molecule has 0 rings (SSSR count). The van der Waals surface area contributed by atoms with E-state index in [-0.39, 0.29) is 5.97 Å². The summed E-state index contributed by atoms with van der Waals surface area (Å²) in [5.74, 6) is -0.0156. The van der Waals surface area contributed by atoms with Crippen molar-refractivity contribution in [2.75, 3.05) is 6.61 Å². The molecule has 0 bridgehead atoms. The number of esters is 1. The zero-order valence-electron chi connectivity index (χ0n) is 13.0. The fraction of sp³-hybridized carbons (Fsp3) is 0.824. The molecule has 0 aromatic carbocycles. The van der Waals surface area contributed by atoms with E-state index in [0.717, 1.165) is 32.1 Å². The molecule has 0 aliphatic carbocycles. The van der Waals surface area contributed by atoms with Crippen molar-refractivity contribution in [1.82, 2.24) is 0 Å². The number of carbonyl (C=O) groups excluding carboxylic acids is 1. The zero-order valence-corrected chi connectivity index (χ0v) is 13.0. The van der Waals surface area contributed by atoms with Gasteiger partial charge in [0.1, 0.15) is 0 Å². The van der Waals surface area contributed by atoms with Crippen molar-refractivity contribution in [3.8, 4) is 0 Å². The van der Waals surface area contributed by atoms with Gasteiger partial charge in [-0.05, 0) is 32.1 Å². The summed E-state index contributed by atoms with van der Waals surface area (Å²) in [6, 6.07) is 0. The van der Waals surface area contributed by atoms with Crippen LogP contribution in [0.25, 0.3) is 0 Å². The van der Waals surface area contributed by atoms with E-state index in [1.807, 2.05) is 0 Å². The van der Waals surface area contributed by atoms with Gasteiger partial charge in [0.25, 0.3) is 0 Å². The van der Waals surface area contributed by atoms with Crippen LogP contribution in [0.5, 0.6) is 0 Å². The number of ether oxygens (including phenoxy) is 1. The van der Waals surface area contributed by atoms with Gasteiger partial charge in [0.15, 0.2) is 0 Å². The summed E-state index contributed by atoms with van der Waals surface area (Å²) in [7, 11) is 0. The molecule has 0 aliphatic heterocycles. The molecule has 2 heteroatoms. The Morgan fingerprint density at radius 1 is 0.895 bits per heavy atom. The molecule has 2 nitrogen and oxygen atoms in total. The summed E-state index contributed by atoms with van der Waals surface area (Å²) in [6.45, 7) is 4.87. The van der Waals surface area contributed by atoms with Crippen LogP contribution in [0.2, 0.25) is 0 Å². The second-order valence-corrected chi connectivity index (χ2v) is 5.11. The Kier molecular flexibility index (Phi) is 14.6. The van der Waals surface area contributed by atoms with Crippen LogP contribution in [0.15, 0.2) is 12.2 Å². The normalized spacial score (nSPS) is 11.1. The molecular weight excluding hydrogens is 236 g/mol. The van der Waals surface area contributed by atoms with E-state index in [1.165, 1.54) is 32.1 Å². The minimum absolute atomic E-state index is 0.0156. The molecule has 19 heavy (non-hydrogen) atoms. The Morgan fingerprint density at radius 2 is 1.58 bits per heavy atom. The SMILES string of the molecule is CCC=CCCCCCCCCC(=O)OCCCC. The van der Waals surface area contributed by atoms with Gasteiger partial charge in [0.2, 0.25) is 0 Å². The average Bonchev–Trinajstić information content (AvgIpc) is 2.41. The quantitative estimate of drug-likeness (QED) is 0.253. The third-order valence-electron chi connectivity index (χ3n) is 3.17. The monoisotopic (exact) mass is 268 g/mol. The van der Waals surface area contributed by atoms with Gasteiger partial charge < -0.3 is 4.74 Å². The number of carbonyl (C=O) groups is 1. The van der Waals surface area contributed by atoms with Crippen LogP contribution in [-0.4, -0.2) is 12.6 Å². The first-order valence-electron chi connectivity index (χ1n) is 8.11. The summed E-state index contributed by atoms with van der Waals surface area (Å²) in [5, 5.41) is 0. The molecule has 0 radical (unpaired) electrons. The Morgan fingerprint density at radius 3 is 2.26 bits per heavy atom. The van der Waals surface area contributed by atoms with Gasteiger partial charge >= 0.3 is 5.97 Å². The first-order chi connectivity index (χ1) is 9.31. The van der Waals surface area contributed by atoms with Crippen LogP contribution in [0.4, 0.5) is 0 Å². The van der Waals surface area contributed by atoms with E-state index in [1.54, 1.807) is 0 Å². The smallest absolute Gasteiger partial charge is 0.305 e. The van der Waals surface area contributed by atoms with Crippen molar-refractivity contribution in [3.05, 3.63) is 12.2 Å². The van der Waals surface area contributed by atoms with Crippen molar-refractivity contribution in [1.29, 1.82) is 0 Å². The number of hydrogen-bond donors (Lipinski definition) is 0. The lowest BCUT2D eigenvalue weighted by atomic mass is 10.1. The van der Waals surface area contributed by atoms with E-state index in [0.29, 0.717) is 13.0 Å². The lowest BCUT2D eigenvalue weighted by Gasteiger charge is -2.03. The lowest BCUT2D eigenvalue weighted by Crippen LogP contribution is -2.05. The first kappa shape index (κ1) is 18.2. The average molecular weight is 268 g/mol. The van der Waals surface area contributed by atoms with Crippen LogP contribution in [0.3, 0.4) is 0 Å². The molecule has 0 amide bonds. The van der Waals surface area contributed by atoms with E-state index in [9.17, 15) is 4.79 Å². The van der Waals surface area contributed by atoms with Gasteiger partial charge in [-0.2, -0.15) is 0 Å². The van der Waals surface area contributed by atoms with Crippen molar-refractivity contribution in [3.63, 3.8) is 0 Å². The summed E-state index contributed by atoms with van der Waals surface area (Å²) >= 11 is 0. The molecule has 0 aliphatic rings. The summed E-state index contributed by atoms with van der Waals surface area (Å²) in [6.07, 6.45) is 16.9. The van der Waals surface area contributed by atoms with Crippen molar-refractivity contribution in [2.24, 2.45) is 0 Å². The molecule has 0 fully saturated rings. The van der Waals surface area contributed by atoms with Crippen molar-refractivity contribution in [2.45, 2.75) is 84.5 Å². The highest BCUT2D eigenvalue weighted by Gasteiger charge is 2.01. The first-order valence-corrected chi connectivity index (χ1v) is 8.11. The second kappa shape index (κ2) is 15.3. The van der Waals surface area contributed by atoms with Crippen LogP contribution in [0, 0.1) is 0 Å². The Hall–Kier alpha value is -0.790. The van der Waals surface area contributed by atoms with Crippen LogP contribution >= 0.6 is 0 Å². The van der Waals surface area contributed by atoms with Gasteiger partial charge in [-0.3, -0.25) is 4.79 Å². The maximum Gasteiger partial charge on any atom is 0.305 e. The lowest BCUT2D eigenvalue weighted by molar-refractivity contribution is -0.143. The Bertz CT molecular complexity index is 221. The summed E-state index contributed by atoms with van der Waals surface area (Å²) in [5.41, 5.74) is 0. The van der Waals surface area contributed by atoms with E-state index in [2.05, 4.69) is 26.0 Å². The highest BCUT2D eigenvalue weighted by molar-refractivity contribution is 5.69.